The fourth-order valence-electron chi connectivity index (χ4n) is 3.96. The number of carbonyl (C=O) groups is 1. The molecule has 0 bridgehead atoms. The number of hydrogen-bond acceptors (Lipinski definition) is 4. The fraction of sp³-hybridized carbons (Fsp3) is 0.360. The first-order valence-corrected chi connectivity index (χ1v) is 11.6. The molecule has 4 nitrogen and oxygen atoms in total. The molecule has 0 spiro atoms. The second-order valence-electron chi connectivity index (χ2n) is 8.42. The van der Waals surface area contributed by atoms with Gasteiger partial charge in [-0.1, -0.05) is 19.9 Å². The first-order valence-electron chi connectivity index (χ1n) is 10.7. The Morgan fingerprint density at radius 3 is 2.60 bits per heavy atom. The van der Waals surface area contributed by atoms with Crippen molar-refractivity contribution in [2.45, 2.75) is 39.5 Å². The van der Waals surface area contributed by atoms with Crippen LogP contribution in [0.2, 0.25) is 0 Å². The Hall–Kier alpha value is -2.66. The quantitative estimate of drug-likeness (QED) is 0.550. The van der Waals surface area contributed by atoms with Crippen molar-refractivity contribution in [2.75, 3.05) is 13.1 Å². The van der Waals surface area contributed by atoms with E-state index < -0.39 is 0 Å². The number of nitrogens with zero attached hydrogens (tertiary/aromatic N) is 2. The summed E-state index contributed by atoms with van der Waals surface area (Å²) in [4.78, 5) is 20.2. The van der Waals surface area contributed by atoms with Crippen LogP contribution in [-0.2, 0) is 6.42 Å². The number of phenols is 1. The molecule has 0 atom stereocenters. The molecule has 2 aromatic heterocycles. The van der Waals surface area contributed by atoms with Gasteiger partial charge in [-0.25, -0.2) is 0 Å². The molecule has 4 rings (SSSR count). The highest BCUT2D eigenvalue weighted by Crippen LogP contribution is 2.35. The van der Waals surface area contributed by atoms with E-state index in [4.69, 9.17) is 0 Å². The predicted molar refractivity (Wildman–Crippen MR) is 123 cm³/mol. The molecular formula is C25H28N2O2S. The Kier molecular flexibility index (Phi) is 6.18. The van der Waals surface area contributed by atoms with Crippen molar-refractivity contribution < 1.29 is 9.90 Å². The molecule has 3 heterocycles. The molecule has 0 saturated carbocycles. The van der Waals surface area contributed by atoms with Gasteiger partial charge in [-0.05, 0) is 84.0 Å². The summed E-state index contributed by atoms with van der Waals surface area (Å²) in [5.74, 6) is 0.555. The van der Waals surface area contributed by atoms with Crippen LogP contribution in [0.1, 0.15) is 49.2 Å². The van der Waals surface area contributed by atoms with Gasteiger partial charge >= 0.3 is 0 Å². The number of aromatic nitrogens is 1. The molecule has 1 saturated heterocycles. The third-order valence-electron chi connectivity index (χ3n) is 5.52. The molecule has 156 valence electrons. The second kappa shape index (κ2) is 9.00. The first kappa shape index (κ1) is 20.6. The topological polar surface area (TPSA) is 53.4 Å². The summed E-state index contributed by atoms with van der Waals surface area (Å²) in [6.45, 7) is 5.95. The standard InChI is InChI=1S/C25H28N2O2S/c1-17(2)12-21-13-19(8-9-26-21)24-15-20(16-30-24)18-6-7-22(23(28)14-18)25(29)27-10-4-3-5-11-27/h6-9,13-17,28H,3-5,10-12H2,1-2H3. The molecule has 5 heteroatoms. The van der Waals surface area contributed by atoms with Crippen LogP contribution in [0, 0.1) is 5.92 Å². The monoisotopic (exact) mass is 420 g/mol. The minimum absolute atomic E-state index is 0.0546. The molecule has 1 fully saturated rings. The average Bonchev–Trinajstić information content (AvgIpc) is 3.24. The fourth-order valence-corrected chi connectivity index (χ4v) is 4.88. The first-order chi connectivity index (χ1) is 14.5. The predicted octanol–water partition coefficient (Wildman–Crippen LogP) is 6.01. The van der Waals surface area contributed by atoms with E-state index in [1.165, 1.54) is 11.3 Å². The Morgan fingerprint density at radius 1 is 1.07 bits per heavy atom. The van der Waals surface area contributed by atoms with Crippen LogP contribution in [0.15, 0.2) is 48.0 Å². The zero-order valence-electron chi connectivity index (χ0n) is 17.6. The summed E-state index contributed by atoms with van der Waals surface area (Å²) in [6.07, 6.45) is 6.09. The van der Waals surface area contributed by atoms with E-state index >= 15 is 0 Å². The number of rotatable bonds is 5. The van der Waals surface area contributed by atoms with E-state index in [1.807, 2.05) is 23.2 Å². The van der Waals surface area contributed by atoms with Crippen LogP contribution in [0.4, 0.5) is 0 Å². The van der Waals surface area contributed by atoms with Gasteiger partial charge in [0.1, 0.15) is 5.75 Å². The second-order valence-corrected chi connectivity index (χ2v) is 9.33. The van der Waals surface area contributed by atoms with Crippen molar-refractivity contribution in [3.63, 3.8) is 0 Å². The number of carbonyl (C=O) groups excluding carboxylic acids is 1. The lowest BCUT2D eigenvalue weighted by molar-refractivity contribution is 0.0721. The smallest absolute Gasteiger partial charge is 0.257 e. The highest BCUT2D eigenvalue weighted by atomic mass is 32.1. The van der Waals surface area contributed by atoms with E-state index in [9.17, 15) is 9.90 Å². The van der Waals surface area contributed by atoms with Gasteiger partial charge in [-0.2, -0.15) is 0 Å². The van der Waals surface area contributed by atoms with Crippen LogP contribution in [0.25, 0.3) is 21.6 Å². The largest absolute Gasteiger partial charge is 0.507 e. The normalized spacial score (nSPS) is 14.3. The third kappa shape index (κ3) is 4.57. The zero-order chi connectivity index (χ0) is 21.1. The average molecular weight is 421 g/mol. The molecule has 3 aromatic rings. The van der Waals surface area contributed by atoms with Crippen LogP contribution >= 0.6 is 11.3 Å². The highest BCUT2D eigenvalue weighted by molar-refractivity contribution is 7.14. The van der Waals surface area contributed by atoms with Crippen LogP contribution < -0.4 is 0 Å². The summed E-state index contributed by atoms with van der Waals surface area (Å²) >= 11 is 1.68. The Labute approximate surface area is 182 Å². The van der Waals surface area contributed by atoms with Gasteiger partial charge in [0.05, 0.1) is 5.56 Å². The van der Waals surface area contributed by atoms with Crippen LogP contribution in [-0.4, -0.2) is 34.0 Å². The number of amides is 1. The molecule has 0 aliphatic carbocycles. The molecule has 30 heavy (non-hydrogen) atoms. The SMILES string of the molecule is CC(C)Cc1cc(-c2cc(-c3ccc(C(=O)N4CCCCC4)c(O)c3)cs2)ccn1. The van der Waals surface area contributed by atoms with E-state index in [1.54, 1.807) is 23.5 Å². The lowest BCUT2D eigenvalue weighted by atomic mass is 10.0. The number of piperidine rings is 1. The lowest BCUT2D eigenvalue weighted by Crippen LogP contribution is -2.35. The minimum atomic E-state index is -0.0702. The number of likely N-dealkylation sites (tertiary alicyclic amines) is 1. The molecule has 1 aromatic carbocycles. The molecule has 1 aliphatic rings. The summed E-state index contributed by atoms with van der Waals surface area (Å²) in [7, 11) is 0. The number of pyridine rings is 1. The molecule has 1 aliphatic heterocycles. The van der Waals surface area contributed by atoms with Crippen molar-refractivity contribution >= 4 is 17.2 Å². The summed E-state index contributed by atoms with van der Waals surface area (Å²) in [5.41, 5.74) is 4.63. The van der Waals surface area contributed by atoms with Crippen molar-refractivity contribution in [1.82, 2.24) is 9.88 Å². The van der Waals surface area contributed by atoms with Gasteiger partial charge in [-0.3, -0.25) is 9.78 Å². The molecule has 0 radical (unpaired) electrons. The third-order valence-corrected chi connectivity index (χ3v) is 6.50. The summed E-state index contributed by atoms with van der Waals surface area (Å²) in [6, 6.07) is 11.7. The summed E-state index contributed by atoms with van der Waals surface area (Å²) < 4.78 is 0. The number of aromatic hydroxyl groups is 1. The Morgan fingerprint density at radius 2 is 1.87 bits per heavy atom. The van der Waals surface area contributed by atoms with Crippen molar-refractivity contribution in [1.29, 1.82) is 0 Å². The van der Waals surface area contributed by atoms with E-state index in [0.717, 1.165) is 54.7 Å². The number of phenolic OH excluding ortho intramolecular Hbond substituents is 1. The van der Waals surface area contributed by atoms with E-state index in [-0.39, 0.29) is 11.7 Å². The molecule has 1 N–H and O–H groups in total. The van der Waals surface area contributed by atoms with E-state index in [2.05, 4.69) is 36.3 Å². The molecule has 0 unspecified atom stereocenters. The zero-order valence-corrected chi connectivity index (χ0v) is 18.4. The van der Waals surface area contributed by atoms with Crippen molar-refractivity contribution in [3.05, 3.63) is 59.2 Å². The maximum atomic E-state index is 12.7. The Balaban J connectivity index is 1.55. The van der Waals surface area contributed by atoms with Crippen molar-refractivity contribution in [2.24, 2.45) is 5.92 Å². The lowest BCUT2D eigenvalue weighted by Gasteiger charge is -2.27. The van der Waals surface area contributed by atoms with Gasteiger partial charge in [-0.15, -0.1) is 11.3 Å². The van der Waals surface area contributed by atoms with Gasteiger partial charge < -0.3 is 10.0 Å². The van der Waals surface area contributed by atoms with Crippen LogP contribution in [0.5, 0.6) is 5.75 Å². The number of thiophene rings is 1. The van der Waals surface area contributed by atoms with Gasteiger partial charge in [0.15, 0.2) is 0 Å². The van der Waals surface area contributed by atoms with Gasteiger partial charge in [0.2, 0.25) is 0 Å². The van der Waals surface area contributed by atoms with E-state index in [0.29, 0.717) is 11.5 Å². The number of benzene rings is 1. The highest BCUT2D eigenvalue weighted by Gasteiger charge is 2.21. The van der Waals surface area contributed by atoms with Gasteiger partial charge in [0.25, 0.3) is 5.91 Å². The Bertz CT molecular complexity index is 1040. The van der Waals surface area contributed by atoms with Crippen LogP contribution in [0.3, 0.4) is 0 Å². The molecular weight excluding hydrogens is 392 g/mol. The molecule has 1 amide bonds. The maximum Gasteiger partial charge on any atom is 0.257 e. The van der Waals surface area contributed by atoms with Crippen molar-refractivity contribution in [3.8, 4) is 27.3 Å². The minimum Gasteiger partial charge on any atom is -0.507 e. The maximum absolute atomic E-state index is 12.7. The number of hydrogen-bond donors (Lipinski definition) is 1. The van der Waals surface area contributed by atoms with Gasteiger partial charge in [0, 0.05) is 29.9 Å². The summed E-state index contributed by atoms with van der Waals surface area (Å²) in [5, 5.41) is 12.6.